The molecular formula is C47H74O12. The molecule has 0 radical (unpaired) electrons. The van der Waals surface area contributed by atoms with Crippen molar-refractivity contribution in [2.45, 2.75) is 191 Å². The zero-order valence-electron chi connectivity index (χ0n) is 38.2. The highest BCUT2D eigenvalue weighted by Crippen LogP contribution is 2.78. The van der Waals surface area contributed by atoms with Crippen LogP contribution in [0.15, 0.2) is 0 Å². The number of fused-ring (bicyclic) bond motifs is 7. The maximum Gasteiger partial charge on any atom is 0.303 e. The zero-order chi connectivity index (χ0) is 44.0. The van der Waals surface area contributed by atoms with Crippen molar-refractivity contribution >= 4 is 35.8 Å². The molecule has 0 aromatic heterocycles. The summed E-state index contributed by atoms with van der Waals surface area (Å²) in [5, 5.41) is 0. The first kappa shape index (κ1) is 46.9. The zero-order valence-corrected chi connectivity index (χ0v) is 38.2. The largest absolute Gasteiger partial charge is 0.462 e. The molecule has 0 aliphatic heterocycles. The summed E-state index contributed by atoms with van der Waals surface area (Å²) >= 11 is 0. The van der Waals surface area contributed by atoms with Gasteiger partial charge in [0.25, 0.3) is 0 Å². The van der Waals surface area contributed by atoms with Crippen LogP contribution < -0.4 is 0 Å². The number of rotatable bonds is 13. The Balaban J connectivity index is 1.45. The van der Waals surface area contributed by atoms with Crippen LogP contribution in [0.25, 0.3) is 0 Å². The van der Waals surface area contributed by atoms with E-state index in [-0.39, 0.29) is 81.5 Å². The van der Waals surface area contributed by atoms with Gasteiger partial charge in [-0.2, -0.15) is 0 Å². The van der Waals surface area contributed by atoms with Gasteiger partial charge in [-0.3, -0.25) is 28.8 Å². The number of carbonyl (C=O) groups excluding carboxylic acids is 6. The van der Waals surface area contributed by atoms with Crippen molar-refractivity contribution < 1.29 is 57.2 Å². The van der Waals surface area contributed by atoms with Crippen LogP contribution in [0.2, 0.25) is 0 Å². The fraction of sp³-hybridized carbons (Fsp3) is 0.872. The molecule has 15 atom stereocenters. The molecule has 0 amide bonds. The molecule has 0 aromatic carbocycles. The maximum absolute atomic E-state index is 13.0. The molecule has 12 heteroatoms. The first-order chi connectivity index (χ1) is 27.3. The van der Waals surface area contributed by atoms with Gasteiger partial charge in [0.2, 0.25) is 0 Å². The van der Waals surface area contributed by atoms with Crippen molar-refractivity contribution in [3.05, 3.63) is 0 Å². The van der Waals surface area contributed by atoms with E-state index in [0.717, 1.165) is 57.8 Å². The van der Waals surface area contributed by atoms with Crippen molar-refractivity contribution in [3.63, 3.8) is 0 Å². The lowest BCUT2D eigenvalue weighted by atomic mass is 9.31. The Morgan fingerprint density at radius 2 is 1.19 bits per heavy atom. The minimum absolute atomic E-state index is 0.0399. The maximum atomic E-state index is 13.0. The van der Waals surface area contributed by atoms with E-state index in [2.05, 4.69) is 48.5 Å². The van der Waals surface area contributed by atoms with Crippen molar-refractivity contribution in [1.82, 2.24) is 0 Å². The summed E-state index contributed by atoms with van der Waals surface area (Å²) in [7, 11) is 0. The number of ether oxygens (including phenoxy) is 6. The van der Waals surface area contributed by atoms with Gasteiger partial charge in [0.1, 0.15) is 24.9 Å². The third-order valence-corrected chi connectivity index (χ3v) is 16.9. The number of carbonyl (C=O) groups is 6. The van der Waals surface area contributed by atoms with Gasteiger partial charge in [-0.25, -0.2) is 0 Å². The third kappa shape index (κ3) is 8.94. The predicted octanol–water partition coefficient (Wildman–Crippen LogP) is 8.34. The molecule has 59 heavy (non-hydrogen) atoms. The quantitative estimate of drug-likeness (QED) is 0.129. The van der Waals surface area contributed by atoms with Gasteiger partial charge in [0, 0.05) is 53.4 Å². The number of esters is 6. The molecule has 5 aliphatic carbocycles. The molecule has 0 spiro atoms. The van der Waals surface area contributed by atoms with Crippen LogP contribution >= 0.6 is 0 Å². The highest BCUT2D eigenvalue weighted by atomic mass is 16.6. The molecule has 0 saturated heterocycles. The Bertz CT molecular complexity index is 1620. The molecule has 5 aliphatic rings. The summed E-state index contributed by atoms with van der Waals surface area (Å²) in [6, 6.07) is 0. The molecule has 5 saturated carbocycles. The summed E-state index contributed by atoms with van der Waals surface area (Å²) in [5.41, 5.74) is -0.639. The molecule has 0 N–H and O–H groups in total. The average molecular weight is 831 g/mol. The van der Waals surface area contributed by atoms with Crippen molar-refractivity contribution in [3.8, 4) is 0 Å². The van der Waals surface area contributed by atoms with Crippen molar-refractivity contribution in [2.75, 3.05) is 6.61 Å². The van der Waals surface area contributed by atoms with E-state index in [4.69, 9.17) is 28.4 Å². The minimum atomic E-state index is -1.19. The van der Waals surface area contributed by atoms with Crippen LogP contribution in [0.1, 0.15) is 161 Å². The Morgan fingerprint density at radius 3 is 1.76 bits per heavy atom. The lowest BCUT2D eigenvalue weighted by Crippen LogP contribution is -2.72. The van der Waals surface area contributed by atoms with E-state index in [1.165, 1.54) is 34.6 Å². The summed E-state index contributed by atoms with van der Waals surface area (Å²) in [5.74, 6) is -1.47. The molecule has 5 fully saturated rings. The Kier molecular flexibility index (Phi) is 13.7. The van der Waals surface area contributed by atoms with Gasteiger partial charge in [0.15, 0.2) is 12.2 Å². The standard InChI is InChI=1S/C47H74O12/c1-26(15-16-35(55-28(3)49)40(59-32(7)53)38(58-31(6)52)25-54-27(2)48)33-17-21-44(10)34(33)18-22-46(12)39(44)23-36(56-29(4)50)42-45(11)20-14-19-43(8,9)41(45)37(57-30(5)51)24-47(42,46)13/h26,33-42H,14-25H2,1-13H3/t26-,33-,34-,35-,36-,37+,38+,39-,40-,41+,42-,44+,45+,46-,47-/m1/s1. The number of hydrogen-bond acceptors (Lipinski definition) is 12. The van der Waals surface area contributed by atoms with Gasteiger partial charge >= 0.3 is 35.8 Å². The Hall–Kier alpha value is -3.18. The summed E-state index contributed by atoms with van der Waals surface area (Å²) in [6.07, 6.45) is 6.02. The monoisotopic (exact) mass is 831 g/mol. The molecular weight excluding hydrogens is 757 g/mol. The van der Waals surface area contributed by atoms with Gasteiger partial charge < -0.3 is 28.4 Å². The molecule has 0 heterocycles. The van der Waals surface area contributed by atoms with Crippen LogP contribution in [0.3, 0.4) is 0 Å². The van der Waals surface area contributed by atoms with Crippen LogP contribution in [0.4, 0.5) is 0 Å². The molecule has 0 unspecified atom stereocenters. The predicted molar refractivity (Wildman–Crippen MR) is 218 cm³/mol. The second-order valence-corrected chi connectivity index (χ2v) is 21.0. The van der Waals surface area contributed by atoms with Gasteiger partial charge in [-0.15, -0.1) is 0 Å². The third-order valence-electron chi connectivity index (χ3n) is 16.9. The molecule has 0 aromatic rings. The molecule has 0 bridgehead atoms. The summed E-state index contributed by atoms with van der Waals surface area (Å²) < 4.78 is 35.0. The SMILES string of the molecule is CC(=O)OC[C@H](OC(C)=O)[C@H](OC(C)=O)[C@@H](CC[C@@H](C)[C@H]1CC[C@@]2(C)[C@@H]1CC[C@]1(C)[C@@H]2C[C@@H](OC(C)=O)[C@@H]2[C@@]3(C)CCCC(C)(C)[C@@H]3[C@@H](OC(C)=O)C[C@]21C)OC(C)=O. The van der Waals surface area contributed by atoms with E-state index in [0.29, 0.717) is 24.7 Å². The van der Waals surface area contributed by atoms with Crippen molar-refractivity contribution in [2.24, 2.45) is 62.6 Å². The van der Waals surface area contributed by atoms with Crippen LogP contribution in [-0.2, 0) is 57.2 Å². The van der Waals surface area contributed by atoms with E-state index in [1.807, 2.05) is 0 Å². The van der Waals surface area contributed by atoms with E-state index in [9.17, 15) is 28.8 Å². The van der Waals surface area contributed by atoms with Gasteiger partial charge in [0.05, 0.1) is 0 Å². The van der Waals surface area contributed by atoms with Crippen LogP contribution in [0, 0.1) is 62.6 Å². The minimum Gasteiger partial charge on any atom is -0.462 e. The van der Waals surface area contributed by atoms with Crippen LogP contribution in [0.5, 0.6) is 0 Å². The Morgan fingerprint density at radius 1 is 0.593 bits per heavy atom. The lowest BCUT2D eigenvalue weighted by Gasteiger charge is -2.74. The van der Waals surface area contributed by atoms with Crippen LogP contribution in [-0.4, -0.2) is 72.9 Å². The Labute approximate surface area is 352 Å². The second kappa shape index (κ2) is 17.3. The van der Waals surface area contributed by atoms with Gasteiger partial charge in [-0.1, -0.05) is 54.9 Å². The van der Waals surface area contributed by atoms with E-state index >= 15 is 0 Å². The smallest absolute Gasteiger partial charge is 0.303 e. The highest BCUT2D eigenvalue weighted by Gasteiger charge is 2.75. The highest BCUT2D eigenvalue weighted by molar-refractivity contribution is 5.69. The van der Waals surface area contributed by atoms with Crippen molar-refractivity contribution in [1.29, 1.82) is 0 Å². The molecule has 5 rings (SSSR count). The number of hydrogen-bond donors (Lipinski definition) is 0. The normalized spacial score (nSPS) is 38.9. The first-order valence-corrected chi connectivity index (χ1v) is 22.3. The topological polar surface area (TPSA) is 158 Å². The lowest BCUT2D eigenvalue weighted by molar-refractivity contribution is -0.297. The molecule has 334 valence electrons. The average Bonchev–Trinajstić information content (AvgIpc) is 3.43. The summed E-state index contributed by atoms with van der Waals surface area (Å²) in [4.78, 5) is 74.6. The van der Waals surface area contributed by atoms with E-state index < -0.39 is 42.2 Å². The van der Waals surface area contributed by atoms with Gasteiger partial charge in [-0.05, 0) is 115 Å². The van der Waals surface area contributed by atoms with E-state index in [1.54, 1.807) is 6.92 Å². The fourth-order valence-electron chi connectivity index (χ4n) is 15.2. The second-order valence-electron chi connectivity index (χ2n) is 21.0. The first-order valence-electron chi connectivity index (χ1n) is 22.3. The fourth-order valence-corrected chi connectivity index (χ4v) is 15.2. The summed E-state index contributed by atoms with van der Waals surface area (Å²) in [6.45, 7) is 24.4. The molecule has 12 nitrogen and oxygen atoms in total.